The van der Waals surface area contributed by atoms with Crippen LogP contribution < -0.4 is 5.32 Å². The molecule has 0 heterocycles. The molecule has 0 radical (unpaired) electrons. The molecular formula is C10H11FN2O5. The lowest BCUT2D eigenvalue weighted by Gasteiger charge is -2.06. The average Bonchev–Trinajstić information content (AvgIpc) is 2.29. The number of anilines is 1. The number of carbonyl (C=O) groups is 1. The van der Waals surface area contributed by atoms with E-state index in [1.807, 2.05) is 0 Å². The monoisotopic (exact) mass is 258 g/mol. The quantitative estimate of drug-likeness (QED) is 0.433. The summed E-state index contributed by atoms with van der Waals surface area (Å²) in [6.45, 7) is -0.187. The molecule has 1 aromatic rings. The van der Waals surface area contributed by atoms with Gasteiger partial charge in [0.25, 0.3) is 5.69 Å². The third-order valence-electron chi connectivity index (χ3n) is 1.94. The molecule has 0 bridgehead atoms. The lowest BCUT2D eigenvalue weighted by Crippen LogP contribution is -2.14. The molecule has 0 atom stereocenters. The highest BCUT2D eigenvalue weighted by Crippen LogP contribution is 2.24. The van der Waals surface area contributed by atoms with Crippen LogP contribution in [0.25, 0.3) is 0 Å². The minimum absolute atomic E-state index is 0.0703. The topological polar surface area (TPSA) is 102 Å². The standard InChI is InChI=1S/C10H11FN2O5/c11-7-1-2-8(9(5-7)13(16)17)12-3-4-18-6-10(14)15/h1-2,5,12H,3-4,6H2,(H,14,15). The molecule has 1 aromatic carbocycles. The molecule has 0 saturated heterocycles. The molecule has 2 N–H and O–H groups in total. The number of nitrogens with one attached hydrogen (secondary N) is 1. The van der Waals surface area contributed by atoms with E-state index in [0.717, 1.165) is 12.1 Å². The van der Waals surface area contributed by atoms with Crippen molar-refractivity contribution >= 4 is 17.3 Å². The number of carboxylic acids is 1. The zero-order chi connectivity index (χ0) is 13.5. The zero-order valence-corrected chi connectivity index (χ0v) is 9.26. The number of rotatable bonds is 7. The van der Waals surface area contributed by atoms with Gasteiger partial charge in [0.1, 0.15) is 18.1 Å². The maximum atomic E-state index is 12.8. The average molecular weight is 258 g/mol. The molecule has 18 heavy (non-hydrogen) atoms. The summed E-state index contributed by atoms with van der Waals surface area (Å²) in [6, 6.07) is 3.14. The Kier molecular flexibility index (Phi) is 5.00. The lowest BCUT2D eigenvalue weighted by atomic mass is 10.2. The number of benzene rings is 1. The molecule has 0 fully saturated rings. The molecule has 8 heteroatoms. The second-order valence-corrected chi connectivity index (χ2v) is 3.29. The Labute approximate surface area is 101 Å². The Hall–Kier alpha value is -2.22. The summed E-state index contributed by atoms with van der Waals surface area (Å²) in [5.41, 5.74) is -0.228. The molecule has 0 aliphatic rings. The first kappa shape index (κ1) is 13.8. The summed E-state index contributed by atoms with van der Waals surface area (Å²) >= 11 is 0. The number of nitro groups is 1. The lowest BCUT2D eigenvalue weighted by molar-refractivity contribution is -0.384. The van der Waals surface area contributed by atoms with Crippen LogP contribution >= 0.6 is 0 Å². The second kappa shape index (κ2) is 6.50. The van der Waals surface area contributed by atoms with Crippen molar-refractivity contribution < 1.29 is 24.0 Å². The van der Waals surface area contributed by atoms with Crippen LogP contribution in [0.4, 0.5) is 15.8 Å². The highest BCUT2D eigenvalue weighted by molar-refractivity contribution is 5.68. The van der Waals surface area contributed by atoms with Crippen molar-refractivity contribution in [3.8, 4) is 0 Å². The van der Waals surface area contributed by atoms with E-state index in [2.05, 4.69) is 5.32 Å². The van der Waals surface area contributed by atoms with Crippen molar-refractivity contribution in [1.29, 1.82) is 0 Å². The summed E-state index contributed by atoms with van der Waals surface area (Å²) in [4.78, 5) is 20.1. The molecule has 0 spiro atoms. The molecule has 0 unspecified atom stereocenters. The van der Waals surface area contributed by atoms with Gasteiger partial charge in [-0.1, -0.05) is 0 Å². The number of aliphatic carboxylic acids is 1. The molecule has 7 nitrogen and oxygen atoms in total. The van der Waals surface area contributed by atoms with E-state index in [1.165, 1.54) is 6.07 Å². The van der Waals surface area contributed by atoms with Gasteiger partial charge in [-0.25, -0.2) is 9.18 Å². The number of halogens is 1. The summed E-state index contributed by atoms with van der Waals surface area (Å²) in [6.07, 6.45) is 0. The van der Waals surface area contributed by atoms with Crippen LogP contribution in [0.5, 0.6) is 0 Å². The van der Waals surface area contributed by atoms with E-state index < -0.39 is 23.3 Å². The number of ether oxygens (including phenoxy) is 1. The fourth-order valence-corrected chi connectivity index (χ4v) is 1.22. The molecule has 0 amide bonds. The van der Waals surface area contributed by atoms with Gasteiger partial charge in [0.05, 0.1) is 17.6 Å². The largest absolute Gasteiger partial charge is 0.480 e. The van der Waals surface area contributed by atoms with Crippen molar-refractivity contribution in [1.82, 2.24) is 0 Å². The summed E-state index contributed by atoms with van der Waals surface area (Å²) in [5, 5.41) is 21.6. The first-order valence-electron chi connectivity index (χ1n) is 4.98. The van der Waals surface area contributed by atoms with Gasteiger partial charge < -0.3 is 15.2 Å². The van der Waals surface area contributed by atoms with E-state index in [1.54, 1.807) is 0 Å². The molecular weight excluding hydrogens is 247 g/mol. The normalized spacial score (nSPS) is 10.1. The summed E-state index contributed by atoms with van der Waals surface area (Å²) in [5.74, 6) is -1.79. The molecule has 1 rings (SSSR count). The third-order valence-corrected chi connectivity index (χ3v) is 1.94. The maximum Gasteiger partial charge on any atom is 0.329 e. The van der Waals surface area contributed by atoms with Gasteiger partial charge in [-0.05, 0) is 12.1 Å². The fourth-order valence-electron chi connectivity index (χ4n) is 1.22. The highest BCUT2D eigenvalue weighted by atomic mass is 19.1. The van der Waals surface area contributed by atoms with E-state index in [0.29, 0.717) is 0 Å². The fraction of sp³-hybridized carbons (Fsp3) is 0.300. The number of nitrogens with zero attached hydrogens (tertiary/aromatic N) is 1. The predicted molar refractivity (Wildman–Crippen MR) is 60.0 cm³/mol. The SMILES string of the molecule is O=C(O)COCCNc1ccc(F)cc1[N+](=O)[O-]. The van der Waals surface area contributed by atoms with Crippen molar-refractivity contribution in [3.05, 3.63) is 34.1 Å². The first-order valence-corrected chi connectivity index (χ1v) is 4.98. The van der Waals surface area contributed by atoms with Crippen LogP contribution in [0.2, 0.25) is 0 Å². The Morgan fingerprint density at radius 1 is 1.56 bits per heavy atom. The number of nitro benzene ring substituents is 1. The number of hydrogen-bond acceptors (Lipinski definition) is 5. The first-order chi connectivity index (χ1) is 8.50. The maximum absolute atomic E-state index is 12.8. The van der Waals surface area contributed by atoms with Crippen molar-refractivity contribution in [2.75, 3.05) is 25.1 Å². The van der Waals surface area contributed by atoms with Crippen LogP contribution in [-0.2, 0) is 9.53 Å². The second-order valence-electron chi connectivity index (χ2n) is 3.29. The summed E-state index contributed by atoms with van der Waals surface area (Å²) in [7, 11) is 0. The van der Waals surface area contributed by atoms with E-state index >= 15 is 0 Å². The van der Waals surface area contributed by atoms with Gasteiger partial charge in [-0.2, -0.15) is 0 Å². The Morgan fingerprint density at radius 2 is 2.28 bits per heavy atom. The predicted octanol–water partition coefficient (Wildman–Crippen LogP) is 1.25. The Morgan fingerprint density at radius 3 is 2.89 bits per heavy atom. The summed E-state index contributed by atoms with van der Waals surface area (Å²) < 4.78 is 17.6. The van der Waals surface area contributed by atoms with E-state index in [9.17, 15) is 19.3 Å². The van der Waals surface area contributed by atoms with Crippen molar-refractivity contribution in [3.63, 3.8) is 0 Å². The van der Waals surface area contributed by atoms with Gasteiger partial charge >= 0.3 is 5.97 Å². The number of carboxylic acid groups (broad SMARTS) is 1. The van der Waals surface area contributed by atoms with Gasteiger partial charge in [0.2, 0.25) is 0 Å². The highest BCUT2D eigenvalue weighted by Gasteiger charge is 2.14. The molecule has 0 aliphatic heterocycles. The van der Waals surface area contributed by atoms with Crippen LogP contribution in [-0.4, -0.2) is 35.8 Å². The smallest absolute Gasteiger partial charge is 0.329 e. The van der Waals surface area contributed by atoms with Crippen LogP contribution in [0.3, 0.4) is 0 Å². The number of hydrogen-bond donors (Lipinski definition) is 2. The Balaban J connectivity index is 2.51. The minimum atomic E-state index is -1.09. The molecule has 98 valence electrons. The van der Waals surface area contributed by atoms with Gasteiger partial charge in [-0.3, -0.25) is 10.1 Å². The molecule has 0 saturated carbocycles. The molecule has 0 aromatic heterocycles. The Bertz CT molecular complexity index is 452. The van der Waals surface area contributed by atoms with E-state index in [4.69, 9.17) is 9.84 Å². The third kappa shape index (κ3) is 4.34. The molecule has 0 aliphatic carbocycles. The minimum Gasteiger partial charge on any atom is -0.480 e. The van der Waals surface area contributed by atoms with E-state index in [-0.39, 0.29) is 24.5 Å². The van der Waals surface area contributed by atoms with Gasteiger partial charge in [0, 0.05) is 6.54 Å². The van der Waals surface area contributed by atoms with Crippen molar-refractivity contribution in [2.45, 2.75) is 0 Å². The van der Waals surface area contributed by atoms with Crippen LogP contribution in [0.15, 0.2) is 18.2 Å². The van der Waals surface area contributed by atoms with Gasteiger partial charge in [0.15, 0.2) is 0 Å². The van der Waals surface area contributed by atoms with Crippen LogP contribution in [0.1, 0.15) is 0 Å². The van der Waals surface area contributed by atoms with Crippen molar-refractivity contribution in [2.24, 2.45) is 0 Å². The van der Waals surface area contributed by atoms with Crippen LogP contribution in [0, 0.1) is 15.9 Å². The van der Waals surface area contributed by atoms with Gasteiger partial charge in [-0.15, -0.1) is 0 Å². The zero-order valence-electron chi connectivity index (χ0n) is 9.26.